The van der Waals surface area contributed by atoms with Crippen LogP contribution in [0.2, 0.25) is 5.02 Å². The summed E-state index contributed by atoms with van der Waals surface area (Å²) >= 11 is 5.98. The number of ether oxygens (including phenoxy) is 1. The average molecular weight is 329 g/mol. The molecule has 116 valence electrons. The van der Waals surface area contributed by atoms with Crippen molar-refractivity contribution in [1.29, 1.82) is 0 Å². The molecule has 3 rings (SSSR count). The quantitative estimate of drug-likeness (QED) is 0.693. The minimum Gasteiger partial charge on any atom is -0.496 e. The molecule has 2 aromatic rings. The molecule has 0 aromatic heterocycles. The highest BCUT2D eigenvalue weighted by Gasteiger charge is 2.34. The first-order valence-electron chi connectivity index (χ1n) is 6.86. The summed E-state index contributed by atoms with van der Waals surface area (Å²) in [6.45, 7) is 0. The van der Waals surface area contributed by atoms with Gasteiger partial charge in [0, 0.05) is 10.6 Å². The Bertz CT molecular complexity index is 803. The van der Waals surface area contributed by atoms with Gasteiger partial charge in [0.15, 0.2) is 0 Å². The van der Waals surface area contributed by atoms with Gasteiger partial charge in [0.25, 0.3) is 5.91 Å². The number of nitrogens with zero attached hydrogens (tertiary/aromatic N) is 1. The number of rotatable bonds is 3. The molecule has 1 N–H and O–H groups in total. The number of urea groups is 1. The first kappa shape index (κ1) is 15.1. The van der Waals surface area contributed by atoms with Crippen LogP contribution in [0.15, 0.2) is 54.2 Å². The van der Waals surface area contributed by atoms with E-state index in [-0.39, 0.29) is 5.70 Å². The van der Waals surface area contributed by atoms with Crippen LogP contribution in [-0.2, 0) is 4.79 Å². The molecule has 0 radical (unpaired) electrons. The highest BCUT2D eigenvalue weighted by molar-refractivity contribution is 6.31. The van der Waals surface area contributed by atoms with Gasteiger partial charge in [0.1, 0.15) is 11.4 Å². The van der Waals surface area contributed by atoms with E-state index in [1.807, 2.05) is 6.07 Å². The van der Waals surface area contributed by atoms with Gasteiger partial charge in [-0.15, -0.1) is 0 Å². The van der Waals surface area contributed by atoms with E-state index >= 15 is 0 Å². The fraction of sp³-hybridized carbons (Fsp3) is 0.0588. The molecule has 5 nitrogen and oxygen atoms in total. The Kier molecular flexibility index (Phi) is 4.04. The van der Waals surface area contributed by atoms with E-state index in [2.05, 4.69) is 5.32 Å². The molecule has 23 heavy (non-hydrogen) atoms. The summed E-state index contributed by atoms with van der Waals surface area (Å²) in [5.41, 5.74) is 1.29. The van der Waals surface area contributed by atoms with Crippen LogP contribution in [-0.4, -0.2) is 19.0 Å². The Morgan fingerprint density at radius 1 is 1.13 bits per heavy atom. The van der Waals surface area contributed by atoms with Crippen LogP contribution in [0.5, 0.6) is 5.75 Å². The minimum atomic E-state index is -0.492. The van der Waals surface area contributed by atoms with Crippen molar-refractivity contribution in [2.45, 2.75) is 0 Å². The van der Waals surface area contributed by atoms with Gasteiger partial charge in [-0.05, 0) is 36.4 Å². The topological polar surface area (TPSA) is 58.6 Å². The fourth-order valence-corrected chi connectivity index (χ4v) is 2.50. The van der Waals surface area contributed by atoms with Crippen LogP contribution in [0.1, 0.15) is 5.56 Å². The first-order chi connectivity index (χ1) is 11.1. The van der Waals surface area contributed by atoms with Gasteiger partial charge < -0.3 is 10.1 Å². The minimum absolute atomic E-state index is 0.166. The molecule has 1 heterocycles. The van der Waals surface area contributed by atoms with Gasteiger partial charge >= 0.3 is 6.03 Å². The molecule has 1 aliphatic heterocycles. The molecule has 0 saturated carbocycles. The van der Waals surface area contributed by atoms with Crippen LogP contribution in [0.4, 0.5) is 10.5 Å². The molecule has 1 fully saturated rings. The van der Waals surface area contributed by atoms with Gasteiger partial charge in [-0.25, -0.2) is 9.69 Å². The molecule has 0 atom stereocenters. The van der Waals surface area contributed by atoms with Crippen molar-refractivity contribution in [2.24, 2.45) is 0 Å². The monoisotopic (exact) mass is 328 g/mol. The summed E-state index contributed by atoms with van der Waals surface area (Å²) in [7, 11) is 1.52. The van der Waals surface area contributed by atoms with Crippen molar-refractivity contribution in [3.05, 3.63) is 64.8 Å². The number of carbonyl (C=O) groups is 2. The average Bonchev–Trinajstić information content (AvgIpc) is 2.82. The second-order valence-corrected chi connectivity index (χ2v) is 5.29. The van der Waals surface area contributed by atoms with Crippen molar-refractivity contribution >= 4 is 35.3 Å². The van der Waals surface area contributed by atoms with E-state index in [1.54, 1.807) is 48.5 Å². The summed E-state index contributed by atoms with van der Waals surface area (Å²) in [6, 6.07) is 13.3. The second kappa shape index (κ2) is 6.14. The third kappa shape index (κ3) is 2.91. The number of amides is 3. The summed E-state index contributed by atoms with van der Waals surface area (Å²) in [6.07, 6.45) is 1.55. The smallest absolute Gasteiger partial charge is 0.333 e. The Labute approximate surface area is 138 Å². The number of hydrogen-bond acceptors (Lipinski definition) is 3. The van der Waals surface area contributed by atoms with E-state index in [4.69, 9.17) is 16.3 Å². The van der Waals surface area contributed by atoms with Gasteiger partial charge in [0.05, 0.1) is 12.8 Å². The lowest BCUT2D eigenvalue weighted by Gasteiger charge is -2.11. The molecule has 0 spiro atoms. The van der Waals surface area contributed by atoms with E-state index in [0.717, 1.165) is 4.90 Å². The Hall–Kier alpha value is -2.79. The maximum Gasteiger partial charge on any atom is 0.333 e. The predicted molar refractivity (Wildman–Crippen MR) is 88.4 cm³/mol. The van der Waals surface area contributed by atoms with E-state index in [1.165, 1.54) is 7.11 Å². The van der Waals surface area contributed by atoms with Gasteiger partial charge in [0.2, 0.25) is 0 Å². The van der Waals surface area contributed by atoms with Gasteiger partial charge in [-0.3, -0.25) is 4.79 Å². The Morgan fingerprint density at radius 2 is 1.87 bits per heavy atom. The zero-order valence-electron chi connectivity index (χ0n) is 12.2. The summed E-state index contributed by atoms with van der Waals surface area (Å²) in [5, 5.41) is 3.08. The summed E-state index contributed by atoms with van der Waals surface area (Å²) in [4.78, 5) is 25.7. The maximum absolute atomic E-state index is 12.5. The molecular formula is C17H13ClN2O3. The van der Waals surface area contributed by atoms with Crippen molar-refractivity contribution in [3.63, 3.8) is 0 Å². The van der Waals surface area contributed by atoms with Crippen LogP contribution < -0.4 is 15.0 Å². The SMILES string of the molecule is COc1ccc(Cl)cc1/C=C1\NC(=O)N(c2ccccc2)C1=O. The molecule has 2 aromatic carbocycles. The molecule has 1 aliphatic rings. The zero-order chi connectivity index (χ0) is 16.4. The second-order valence-electron chi connectivity index (χ2n) is 4.85. The standard InChI is InChI=1S/C17H13ClN2O3/c1-23-15-8-7-12(18)9-11(15)10-14-16(21)20(17(22)19-14)13-5-3-2-4-6-13/h2-10H,1H3,(H,19,22)/b14-10-. The van der Waals surface area contributed by atoms with Crippen LogP contribution in [0.25, 0.3) is 6.08 Å². The number of imide groups is 1. The Balaban J connectivity index is 1.98. The van der Waals surface area contributed by atoms with Crippen molar-refractivity contribution in [3.8, 4) is 5.75 Å². The molecule has 0 aliphatic carbocycles. The fourth-order valence-electron chi connectivity index (χ4n) is 2.32. The van der Waals surface area contributed by atoms with Crippen molar-refractivity contribution in [2.75, 3.05) is 12.0 Å². The lowest BCUT2D eigenvalue weighted by molar-refractivity contribution is -0.113. The largest absolute Gasteiger partial charge is 0.496 e. The third-order valence-corrected chi connectivity index (χ3v) is 3.62. The lowest BCUT2D eigenvalue weighted by Crippen LogP contribution is -2.30. The highest BCUT2D eigenvalue weighted by atomic mass is 35.5. The van der Waals surface area contributed by atoms with Gasteiger partial charge in [-0.1, -0.05) is 29.8 Å². The molecule has 0 unspecified atom stereocenters. The summed E-state index contributed by atoms with van der Waals surface area (Å²) in [5.74, 6) is 0.130. The number of halogens is 1. The number of anilines is 1. The third-order valence-electron chi connectivity index (χ3n) is 3.38. The normalized spacial score (nSPS) is 15.9. The number of carbonyl (C=O) groups excluding carboxylic acids is 2. The number of methoxy groups -OCH3 is 1. The molecule has 1 saturated heterocycles. The number of para-hydroxylation sites is 1. The molecule has 3 amide bonds. The Morgan fingerprint density at radius 3 is 2.57 bits per heavy atom. The van der Waals surface area contributed by atoms with E-state index in [0.29, 0.717) is 22.0 Å². The number of hydrogen-bond donors (Lipinski definition) is 1. The molecule has 0 bridgehead atoms. The lowest BCUT2D eigenvalue weighted by atomic mass is 10.1. The van der Waals surface area contributed by atoms with Crippen LogP contribution in [0.3, 0.4) is 0 Å². The highest BCUT2D eigenvalue weighted by Crippen LogP contribution is 2.27. The zero-order valence-corrected chi connectivity index (χ0v) is 13.0. The summed E-state index contributed by atoms with van der Waals surface area (Å²) < 4.78 is 5.24. The van der Waals surface area contributed by atoms with E-state index < -0.39 is 11.9 Å². The van der Waals surface area contributed by atoms with Gasteiger partial charge in [-0.2, -0.15) is 0 Å². The van der Waals surface area contributed by atoms with E-state index in [9.17, 15) is 9.59 Å². The number of benzene rings is 2. The maximum atomic E-state index is 12.5. The van der Waals surface area contributed by atoms with Crippen LogP contribution in [0, 0.1) is 0 Å². The van der Waals surface area contributed by atoms with Crippen molar-refractivity contribution < 1.29 is 14.3 Å². The first-order valence-corrected chi connectivity index (χ1v) is 7.23. The molecule has 6 heteroatoms. The molecular weight excluding hydrogens is 316 g/mol. The van der Waals surface area contributed by atoms with Crippen molar-refractivity contribution in [1.82, 2.24) is 5.32 Å². The number of nitrogens with one attached hydrogen (secondary N) is 1. The van der Waals surface area contributed by atoms with Crippen LogP contribution >= 0.6 is 11.6 Å². The predicted octanol–water partition coefficient (Wildman–Crippen LogP) is 3.45.